The number of aliphatic hydroxyl groups is 1. The van der Waals surface area contributed by atoms with Gasteiger partial charge in [0, 0.05) is 19.1 Å². The first-order valence-electron chi connectivity index (χ1n) is 9.08. The number of benzene rings is 1. The average Bonchev–Trinajstić information content (AvgIpc) is 3.03. The Morgan fingerprint density at radius 3 is 2.48 bits per heavy atom. The van der Waals surface area contributed by atoms with Gasteiger partial charge in [-0.25, -0.2) is 0 Å². The number of aliphatic hydroxyl groups excluding tert-OH is 1. The van der Waals surface area contributed by atoms with Crippen LogP contribution in [-0.4, -0.2) is 69.2 Å². The third-order valence-corrected chi connectivity index (χ3v) is 4.93. The highest BCUT2D eigenvalue weighted by molar-refractivity contribution is 5.37. The van der Waals surface area contributed by atoms with E-state index in [0.717, 1.165) is 43.9 Å². The van der Waals surface area contributed by atoms with Crippen molar-refractivity contribution in [3.8, 4) is 5.69 Å². The second kappa shape index (κ2) is 8.08. The topological polar surface area (TPSA) is 57.4 Å². The molecular formula is C19H29N5O. The molecule has 1 N–H and O–H groups in total. The molecule has 1 saturated heterocycles. The lowest BCUT2D eigenvalue weighted by molar-refractivity contribution is 0.0930. The zero-order chi connectivity index (χ0) is 17.8. The normalized spacial score (nSPS) is 16.7. The summed E-state index contributed by atoms with van der Waals surface area (Å²) >= 11 is 0. The number of hydrogen-bond acceptors (Lipinski definition) is 5. The summed E-state index contributed by atoms with van der Waals surface area (Å²) in [6.45, 7) is 8.00. The molecule has 1 fully saturated rings. The number of piperidine rings is 1. The van der Waals surface area contributed by atoms with E-state index < -0.39 is 0 Å². The predicted molar refractivity (Wildman–Crippen MR) is 98.8 cm³/mol. The average molecular weight is 343 g/mol. The molecule has 1 aromatic heterocycles. The minimum atomic E-state index is 0.178. The summed E-state index contributed by atoms with van der Waals surface area (Å²) in [7, 11) is 2.17. The summed E-state index contributed by atoms with van der Waals surface area (Å²) in [5.41, 5.74) is 4.37. The van der Waals surface area contributed by atoms with Gasteiger partial charge >= 0.3 is 0 Å². The smallest absolute Gasteiger partial charge is 0.0971 e. The summed E-state index contributed by atoms with van der Waals surface area (Å²) in [6.07, 6.45) is 4.13. The van der Waals surface area contributed by atoms with Crippen molar-refractivity contribution in [2.75, 3.05) is 33.3 Å². The largest absolute Gasteiger partial charge is 0.395 e. The molecule has 0 atom stereocenters. The third kappa shape index (κ3) is 4.66. The van der Waals surface area contributed by atoms with Gasteiger partial charge in [0.05, 0.1) is 24.2 Å². The van der Waals surface area contributed by atoms with E-state index in [1.807, 2.05) is 6.20 Å². The van der Waals surface area contributed by atoms with Crippen LogP contribution in [-0.2, 0) is 6.54 Å². The Labute approximate surface area is 150 Å². The van der Waals surface area contributed by atoms with E-state index >= 15 is 0 Å². The van der Waals surface area contributed by atoms with Gasteiger partial charge in [-0.1, -0.05) is 6.07 Å². The van der Waals surface area contributed by atoms with Crippen molar-refractivity contribution >= 4 is 0 Å². The van der Waals surface area contributed by atoms with Crippen molar-refractivity contribution in [1.29, 1.82) is 0 Å². The van der Waals surface area contributed by atoms with Crippen LogP contribution in [0.4, 0.5) is 0 Å². The highest BCUT2D eigenvalue weighted by Gasteiger charge is 2.23. The van der Waals surface area contributed by atoms with Crippen molar-refractivity contribution in [1.82, 2.24) is 24.8 Å². The van der Waals surface area contributed by atoms with Gasteiger partial charge in [-0.05, 0) is 70.1 Å². The molecule has 0 bridgehead atoms. The molecule has 2 aromatic rings. The van der Waals surface area contributed by atoms with E-state index in [-0.39, 0.29) is 6.61 Å². The number of aryl methyl sites for hydroxylation is 2. The summed E-state index contributed by atoms with van der Waals surface area (Å²) in [5, 5.41) is 18.6. The molecular weight excluding hydrogens is 314 g/mol. The second-order valence-corrected chi connectivity index (χ2v) is 7.20. The molecule has 0 unspecified atom stereocenters. The van der Waals surface area contributed by atoms with Crippen LogP contribution >= 0.6 is 0 Å². The maximum atomic E-state index is 9.45. The molecule has 0 amide bonds. The molecule has 0 radical (unpaired) electrons. The van der Waals surface area contributed by atoms with Gasteiger partial charge in [0.1, 0.15) is 0 Å². The van der Waals surface area contributed by atoms with Gasteiger partial charge in [0.15, 0.2) is 0 Å². The standard InChI is InChI=1S/C19H29N5O/c1-15-10-16(2)12-19(11-15)24-20-13-17(21-24)14-23(8-9-25)18-4-6-22(3)7-5-18/h10-13,18,25H,4-9,14H2,1-3H3. The summed E-state index contributed by atoms with van der Waals surface area (Å²) in [6, 6.07) is 6.85. The van der Waals surface area contributed by atoms with Crippen LogP contribution in [0.2, 0.25) is 0 Å². The Bertz CT molecular complexity index is 671. The van der Waals surface area contributed by atoms with Crippen LogP contribution < -0.4 is 0 Å². The van der Waals surface area contributed by atoms with Crippen LogP contribution in [0.1, 0.15) is 29.7 Å². The van der Waals surface area contributed by atoms with Gasteiger partial charge in [0.25, 0.3) is 0 Å². The van der Waals surface area contributed by atoms with E-state index in [4.69, 9.17) is 0 Å². The molecule has 6 nitrogen and oxygen atoms in total. The van der Waals surface area contributed by atoms with Crippen LogP contribution in [0.15, 0.2) is 24.4 Å². The van der Waals surface area contributed by atoms with Gasteiger partial charge in [-0.2, -0.15) is 15.0 Å². The molecule has 3 rings (SSSR count). The first-order valence-corrected chi connectivity index (χ1v) is 9.08. The fourth-order valence-electron chi connectivity index (χ4n) is 3.64. The fraction of sp³-hybridized carbons (Fsp3) is 0.579. The van der Waals surface area contributed by atoms with E-state index in [1.54, 1.807) is 4.80 Å². The lowest BCUT2D eigenvalue weighted by atomic mass is 10.0. The minimum Gasteiger partial charge on any atom is -0.395 e. The first kappa shape index (κ1) is 18.0. The van der Waals surface area contributed by atoms with E-state index in [1.165, 1.54) is 11.1 Å². The molecule has 0 saturated carbocycles. The zero-order valence-electron chi connectivity index (χ0n) is 15.5. The van der Waals surface area contributed by atoms with Crippen LogP contribution in [0.5, 0.6) is 0 Å². The Kier molecular flexibility index (Phi) is 5.83. The maximum absolute atomic E-state index is 9.45. The molecule has 25 heavy (non-hydrogen) atoms. The lowest BCUT2D eigenvalue weighted by Crippen LogP contribution is -2.44. The Morgan fingerprint density at radius 1 is 1.16 bits per heavy atom. The zero-order valence-corrected chi connectivity index (χ0v) is 15.5. The summed E-state index contributed by atoms with van der Waals surface area (Å²) in [5.74, 6) is 0. The SMILES string of the molecule is Cc1cc(C)cc(-n2ncc(CN(CCO)C3CCN(C)CC3)n2)c1. The second-order valence-electron chi connectivity index (χ2n) is 7.20. The van der Waals surface area contributed by atoms with Gasteiger partial charge in [-0.15, -0.1) is 0 Å². The quantitative estimate of drug-likeness (QED) is 0.866. The number of likely N-dealkylation sites (tertiary alicyclic amines) is 1. The molecule has 1 aromatic carbocycles. The van der Waals surface area contributed by atoms with Crippen LogP contribution in [0.25, 0.3) is 5.69 Å². The lowest BCUT2D eigenvalue weighted by Gasteiger charge is -2.36. The Morgan fingerprint density at radius 2 is 1.84 bits per heavy atom. The number of hydrogen-bond donors (Lipinski definition) is 1. The highest BCUT2D eigenvalue weighted by atomic mass is 16.3. The third-order valence-electron chi connectivity index (χ3n) is 4.93. The minimum absolute atomic E-state index is 0.178. The molecule has 0 spiro atoms. The molecule has 6 heteroatoms. The molecule has 136 valence electrons. The Balaban J connectivity index is 1.71. The maximum Gasteiger partial charge on any atom is 0.0971 e. The van der Waals surface area contributed by atoms with Crippen LogP contribution in [0.3, 0.4) is 0 Å². The first-order chi connectivity index (χ1) is 12.0. The Hall–Kier alpha value is -1.76. The van der Waals surface area contributed by atoms with Gasteiger partial charge in [-0.3, -0.25) is 4.90 Å². The van der Waals surface area contributed by atoms with E-state index in [9.17, 15) is 5.11 Å². The van der Waals surface area contributed by atoms with Crippen LogP contribution in [0, 0.1) is 13.8 Å². The molecule has 1 aliphatic rings. The monoisotopic (exact) mass is 343 g/mol. The summed E-state index contributed by atoms with van der Waals surface area (Å²) in [4.78, 5) is 6.42. The van der Waals surface area contributed by atoms with E-state index in [2.05, 4.69) is 59.1 Å². The van der Waals surface area contributed by atoms with Gasteiger partial charge in [0.2, 0.25) is 0 Å². The number of nitrogens with zero attached hydrogens (tertiary/aromatic N) is 5. The predicted octanol–water partition coefficient (Wildman–Crippen LogP) is 1.77. The molecule has 0 aliphatic carbocycles. The van der Waals surface area contributed by atoms with Crippen molar-refractivity contribution in [3.05, 3.63) is 41.2 Å². The van der Waals surface area contributed by atoms with Crippen molar-refractivity contribution in [2.24, 2.45) is 0 Å². The van der Waals surface area contributed by atoms with Crippen molar-refractivity contribution in [2.45, 2.75) is 39.3 Å². The molecule has 2 heterocycles. The molecule has 1 aliphatic heterocycles. The van der Waals surface area contributed by atoms with Gasteiger partial charge < -0.3 is 10.0 Å². The summed E-state index contributed by atoms with van der Waals surface area (Å²) < 4.78 is 0. The highest BCUT2D eigenvalue weighted by Crippen LogP contribution is 2.18. The van der Waals surface area contributed by atoms with Crippen molar-refractivity contribution in [3.63, 3.8) is 0 Å². The van der Waals surface area contributed by atoms with Crippen molar-refractivity contribution < 1.29 is 5.11 Å². The fourth-order valence-corrected chi connectivity index (χ4v) is 3.64. The number of rotatable bonds is 6. The van der Waals surface area contributed by atoms with E-state index in [0.29, 0.717) is 12.6 Å². The number of aromatic nitrogens is 3.